The van der Waals surface area contributed by atoms with E-state index in [-0.39, 0.29) is 11.9 Å². The van der Waals surface area contributed by atoms with Gasteiger partial charge in [-0.3, -0.25) is 4.79 Å². The zero-order chi connectivity index (χ0) is 19.9. The van der Waals surface area contributed by atoms with Gasteiger partial charge in [-0.15, -0.1) is 0 Å². The molecular formula is C22H30ClN3O2+2. The molecule has 2 unspecified atom stereocenters. The summed E-state index contributed by atoms with van der Waals surface area (Å²) in [5, 5.41) is 3.89. The zero-order valence-corrected chi connectivity index (χ0v) is 17.4. The van der Waals surface area contributed by atoms with Gasteiger partial charge in [0.05, 0.1) is 33.3 Å². The first-order valence-electron chi connectivity index (χ1n) is 9.84. The standard InChI is InChI=1S/C22H28ClN3O2/c1-25(14-18-12-19(23)8-9-21(18)28-2)16-22(27)24-20-10-11-26(15-20)13-17-6-4-3-5-7-17/h3-9,12,20H,10-11,13-16H2,1-2H3,(H,24,27)/p+2/t20-/m0/s1. The van der Waals surface area contributed by atoms with Gasteiger partial charge >= 0.3 is 0 Å². The molecule has 2 aromatic carbocycles. The summed E-state index contributed by atoms with van der Waals surface area (Å²) in [5.74, 6) is 0.907. The largest absolute Gasteiger partial charge is 0.496 e. The van der Waals surface area contributed by atoms with Crippen molar-refractivity contribution >= 4 is 17.5 Å². The van der Waals surface area contributed by atoms with E-state index >= 15 is 0 Å². The number of likely N-dealkylation sites (N-methyl/N-ethyl adjacent to an activating group) is 1. The highest BCUT2D eigenvalue weighted by Crippen LogP contribution is 2.21. The molecule has 3 N–H and O–H groups in total. The fraction of sp³-hybridized carbons (Fsp3) is 0.409. The molecule has 1 amide bonds. The molecular weight excluding hydrogens is 374 g/mol. The van der Waals surface area contributed by atoms with Crippen molar-refractivity contribution < 1.29 is 19.3 Å². The monoisotopic (exact) mass is 403 g/mol. The van der Waals surface area contributed by atoms with Crippen LogP contribution in [0.15, 0.2) is 48.5 Å². The molecule has 28 heavy (non-hydrogen) atoms. The molecule has 1 fully saturated rings. The molecule has 2 aromatic rings. The maximum Gasteiger partial charge on any atom is 0.275 e. The van der Waals surface area contributed by atoms with Crippen LogP contribution in [0.4, 0.5) is 0 Å². The van der Waals surface area contributed by atoms with E-state index in [0.29, 0.717) is 18.1 Å². The van der Waals surface area contributed by atoms with Crippen LogP contribution in [0.25, 0.3) is 0 Å². The first kappa shape index (κ1) is 20.6. The second-order valence-corrected chi connectivity index (χ2v) is 8.12. The molecule has 1 aliphatic rings. The van der Waals surface area contributed by atoms with Gasteiger partial charge in [0, 0.05) is 22.6 Å². The zero-order valence-electron chi connectivity index (χ0n) is 16.6. The van der Waals surface area contributed by atoms with Crippen LogP contribution in [0.1, 0.15) is 17.5 Å². The number of carbonyl (C=O) groups excluding carboxylic acids is 1. The Kier molecular flexibility index (Phi) is 7.31. The van der Waals surface area contributed by atoms with Crippen molar-refractivity contribution in [2.75, 3.05) is 33.8 Å². The highest BCUT2D eigenvalue weighted by atomic mass is 35.5. The molecule has 0 saturated carbocycles. The number of hydrogen-bond donors (Lipinski definition) is 3. The Hall–Kier alpha value is -2.08. The lowest BCUT2D eigenvalue weighted by Crippen LogP contribution is -3.09. The predicted octanol–water partition coefficient (Wildman–Crippen LogP) is 0.337. The van der Waals surface area contributed by atoms with E-state index in [9.17, 15) is 4.79 Å². The lowest BCUT2D eigenvalue weighted by molar-refractivity contribution is -0.901. The van der Waals surface area contributed by atoms with E-state index in [1.54, 1.807) is 7.11 Å². The smallest absolute Gasteiger partial charge is 0.275 e. The average molecular weight is 404 g/mol. The van der Waals surface area contributed by atoms with E-state index in [2.05, 4.69) is 29.6 Å². The van der Waals surface area contributed by atoms with Crippen LogP contribution in [-0.4, -0.2) is 45.7 Å². The first-order chi connectivity index (χ1) is 13.5. The molecule has 3 rings (SSSR count). The van der Waals surface area contributed by atoms with Gasteiger partial charge in [-0.2, -0.15) is 0 Å². The maximum absolute atomic E-state index is 12.5. The number of quaternary nitrogens is 2. The van der Waals surface area contributed by atoms with Gasteiger partial charge in [-0.1, -0.05) is 41.9 Å². The van der Waals surface area contributed by atoms with Crippen LogP contribution >= 0.6 is 11.6 Å². The fourth-order valence-corrected chi connectivity index (χ4v) is 4.12. The quantitative estimate of drug-likeness (QED) is 0.595. The number of carbonyl (C=O) groups is 1. The van der Waals surface area contributed by atoms with E-state index < -0.39 is 0 Å². The topological polar surface area (TPSA) is 47.2 Å². The highest BCUT2D eigenvalue weighted by Gasteiger charge is 2.28. The SMILES string of the molecule is COc1ccc(Cl)cc1C[NH+](C)CC(=O)N[C@H]1CC[NH+](Cc2ccccc2)C1. The maximum atomic E-state index is 12.5. The molecule has 150 valence electrons. The minimum Gasteiger partial charge on any atom is -0.496 e. The lowest BCUT2D eigenvalue weighted by atomic mass is 10.2. The van der Waals surface area contributed by atoms with Gasteiger partial charge in [0.15, 0.2) is 6.54 Å². The summed E-state index contributed by atoms with van der Waals surface area (Å²) in [7, 11) is 3.67. The van der Waals surface area contributed by atoms with Crippen LogP contribution in [0.5, 0.6) is 5.75 Å². The molecule has 5 nitrogen and oxygen atoms in total. The summed E-state index contributed by atoms with van der Waals surface area (Å²) in [6.07, 6.45) is 1.04. The number of halogens is 1. The highest BCUT2D eigenvalue weighted by molar-refractivity contribution is 6.30. The van der Waals surface area contributed by atoms with Crippen molar-refractivity contribution in [3.05, 3.63) is 64.7 Å². The van der Waals surface area contributed by atoms with Crippen molar-refractivity contribution in [2.24, 2.45) is 0 Å². The van der Waals surface area contributed by atoms with E-state index in [1.807, 2.05) is 31.3 Å². The molecule has 1 aliphatic heterocycles. The summed E-state index contributed by atoms with van der Waals surface area (Å²) in [6.45, 7) is 4.23. The van der Waals surface area contributed by atoms with Gasteiger partial charge < -0.3 is 19.9 Å². The Labute approximate surface area is 172 Å². The minimum absolute atomic E-state index is 0.101. The summed E-state index contributed by atoms with van der Waals surface area (Å²) in [5.41, 5.74) is 2.36. The van der Waals surface area contributed by atoms with Crippen LogP contribution < -0.4 is 19.9 Å². The third-order valence-electron chi connectivity index (χ3n) is 5.24. The molecule has 0 bridgehead atoms. The van der Waals surface area contributed by atoms with Crippen LogP contribution in [0.2, 0.25) is 5.02 Å². The van der Waals surface area contributed by atoms with Gasteiger partial charge in [0.25, 0.3) is 5.91 Å². The summed E-state index contributed by atoms with van der Waals surface area (Å²) >= 11 is 6.10. The van der Waals surface area contributed by atoms with E-state index in [4.69, 9.17) is 16.3 Å². The van der Waals surface area contributed by atoms with Crippen molar-refractivity contribution in [3.63, 3.8) is 0 Å². The minimum atomic E-state index is 0.101. The predicted molar refractivity (Wildman–Crippen MR) is 111 cm³/mol. The Morgan fingerprint density at radius 3 is 2.82 bits per heavy atom. The number of nitrogens with one attached hydrogen (secondary N) is 3. The van der Waals surface area contributed by atoms with Crippen LogP contribution in [0, 0.1) is 0 Å². The molecule has 3 atom stereocenters. The third kappa shape index (κ3) is 5.96. The van der Waals surface area contributed by atoms with Gasteiger partial charge in [0.1, 0.15) is 18.8 Å². The number of amides is 1. The normalized spacial score (nSPS) is 20.0. The number of methoxy groups -OCH3 is 1. The van der Waals surface area contributed by atoms with Crippen molar-refractivity contribution in [2.45, 2.75) is 25.6 Å². The van der Waals surface area contributed by atoms with Gasteiger partial charge in [-0.25, -0.2) is 0 Å². The number of ether oxygens (including phenoxy) is 1. The summed E-state index contributed by atoms with van der Waals surface area (Å²) in [6, 6.07) is 16.4. The van der Waals surface area contributed by atoms with Crippen molar-refractivity contribution in [1.82, 2.24) is 5.32 Å². The molecule has 1 saturated heterocycles. The first-order valence-corrected chi connectivity index (χ1v) is 10.2. The number of benzene rings is 2. The molecule has 1 heterocycles. The third-order valence-corrected chi connectivity index (χ3v) is 5.48. The lowest BCUT2D eigenvalue weighted by Gasteiger charge is -2.18. The molecule has 0 aromatic heterocycles. The van der Waals surface area contributed by atoms with Crippen LogP contribution in [-0.2, 0) is 17.9 Å². The second kappa shape index (κ2) is 9.92. The number of likely N-dealkylation sites (tertiary alicyclic amines) is 1. The Morgan fingerprint density at radius 2 is 2.07 bits per heavy atom. The second-order valence-electron chi connectivity index (χ2n) is 7.69. The van der Waals surface area contributed by atoms with Crippen molar-refractivity contribution in [3.8, 4) is 5.75 Å². The summed E-state index contributed by atoms with van der Waals surface area (Å²) < 4.78 is 5.40. The number of hydrogen-bond acceptors (Lipinski definition) is 2. The average Bonchev–Trinajstić information content (AvgIpc) is 3.09. The van der Waals surface area contributed by atoms with Gasteiger partial charge in [-0.05, 0) is 18.2 Å². The Morgan fingerprint density at radius 1 is 1.29 bits per heavy atom. The van der Waals surface area contributed by atoms with Crippen molar-refractivity contribution in [1.29, 1.82) is 0 Å². The Bertz CT molecular complexity index is 785. The summed E-state index contributed by atoms with van der Waals surface area (Å²) in [4.78, 5) is 15.1. The number of rotatable bonds is 8. The fourth-order valence-electron chi connectivity index (χ4n) is 3.92. The van der Waals surface area contributed by atoms with E-state index in [0.717, 1.165) is 42.3 Å². The molecule has 0 spiro atoms. The van der Waals surface area contributed by atoms with Crippen LogP contribution in [0.3, 0.4) is 0 Å². The Balaban J connectivity index is 1.45. The van der Waals surface area contributed by atoms with E-state index in [1.165, 1.54) is 10.5 Å². The molecule has 6 heteroatoms. The molecule has 0 radical (unpaired) electrons. The van der Waals surface area contributed by atoms with Gasteiger partial charge in [0.2, 0.25) is 0 Å². The molecule has 0 aliphatic carbocycles.